The van der Waals surface area contributed by atoms with E-state index >= 15 is 0 Å². The minimum atomic E-state index is -3.70. The third kappa shape index (κ3) is 5.43. The number of nitriles is 1. The summed E-state index contributed by atoms with van der Waals surface area (Å²) in [6.07, 6.45) is 1.66. The van der Waals surface area contributed by atoms with Gasteiger partial charge in [-0.1, -0.05) is 12.1 Å². The van der Waals surface area contributed by atoms with Gasteiger partial charge in [0, 0.05) is 11.9 Å². The van der Waals surface area contributed by atoms with Crippen molar-refractivity contribution in [1.82, 2.24) is 0 Å². The highest BCUT2D eigenvalue weighted by molar-refractivity contribution is 7.92. The van der Waals surface area contributed by atoms with Crippen LogP contribution in [-0.4, -0.2) is 21.2 Å². The van der Waals surface area contributed by atoms with Crippen LogP contribution in [-0.2, 0) is 10.0 Å². The van der Waals surface area contributed by atoms with Gasteiger partial charge < -0.3 is 4.74 Å². The van der Waals surface area contributed by atoms with Crippen molar-refractivity contribution in [3.8, 4) is 11.8 Å². The van der Waals surface area contributed by atoms with E-state index in [1.54, 1.807) is 66.9 Å². The molecule has 0 heterocycles. The van der Waals surface area contributed by atoms with Crippen LogP contribution in [0.5, 0.6) is 5.75 Å². The summed E-state index contributed by atoms with van der Waals surface area (Å²) < 4.78 is 33.0. The number of sulfonamides is 1. The molecule has 0 aliphatic heterocycles. The lowest BCUT2D eigenvalue weighted by Gasteiger charge is -2.09. The van der Waals surface area contributed by atoms with Crippen molar-refractivity contribution in [2.24, 2.45) is 4.99 Å². The van der Waals surface area contributed by atoms with Crippen LogP contribution in [0.4, 0.5) is 11.4 Å². The maximum Gasteiger partial charge on any atom is 0.261 e. The summed E-state index contributed by atoms with van der Waals surface area (Å²) in [5.74, 6) is 0.680. The molecule has 0 aromatic heterocycles. The van der Waals surface area contributed by atoms with Gasteiger partial charge in [0.05, 0.1) is 28.8 Å². The van der Waals surface area contributed by atoms with Gasteiger partial charge in [-0.25, -0.2) is 8.42 Å². The number of hydrogen-bond donors (Lipinski definition) is 1. The van der Waals surface area contributed by atoms with Gasteiger partial charge in [0.25, 0.3) is 10.0 Å². The Morgan fingerprint density at radius 2 is 1.66 bits per heavy atom. The van der Waals surface area contributed by atoms with E-state index in [4.69, 9.17) is 10.00 Å². The van der Waals surface area contributed by atoms with Crippen LogP contribution in [0, 0.1) is 11.3 Å². The van der Waals surface area contributed by atoms with E-state index in [0.29, 0.717) is 29.3 Å². The first-order chi connectivity index (χ1) is 14.0. The van der Waals surface area contributed by atoms with Crippen molar-refractivity contribution < 1.29 is 13.2 Å². The Hall–Kier alpha value is -3.63. The highest BCUT2D eigenvalue weighted by Crippen LogP contribution is 2.21. The van der Waals surface area contributed by atoms with E-state index in [1.165, 1.54) is 12.1 Å². The fourth-order valence-corrected chi connectivity index (χ4v) is 3.56. The van der Waals surface area contributed by atoms with Crippen molar-refractivity contribution in [3.63, 3.8) is 0 Å². The summed E-state index contributed by atoms with van der Waals surface area (Å²) in [5, 5.41) is 8.81. The van der Waals surface area contributed by atoms with Gasteiger partial charge in [-0.05, 0) is 73.2 Å². The Balaban J connectivity index is 1.69. The molecule has 0 amide bonds. The molecular weight excluding hydrogens is 386 g/mol. The minimum absolute atomic E-state index is 0.142. The van der Waals surface area contributed by atoms with E-state index in [9.17, 15) is 8.42 Å². The number of ether oxygens (including phenoxy) is 1. The largest absolute Gasteiger partial charge is 0.494 e. The van der Waals surface area contributed by atoms with Gasteiger partial charge in [0.15, 0.2) is 0 Å². The van der Waals surface area contributed by atoms with E-state index < -0.39 is 10.0 Å². The summed E-state index contributed by atoms with van der Waals surface area (Å²) in [4.78, 5) is 4.47. The van der Waals surface area contributed by atoms with Gasteiger partial charge >= 0.3 is 0 Å². The van der Waals surface area contributed by atoms with E-state index in [-0.39, 0.29) is 4.90 Å². The summed E-state index contributed by atoms with van der Waals surface area (Å²) in [6, 6.07) is 22.1. The number of nitrogens with one attached hydrogen (secondary N) is 1. The smallest absolute Gasteiger partial charge is 0.261 e. The summed E-state index contributed by atoms with van der Waals surface area (Å²) in [6.45, 7) is 2.43. The zero-order valence-electron chi connectivity index (χ0n) is 15.7. The maximum absolute atomic E-state index is 12.6. The molecule has 0 atom stereocenters. The first kappa shape index (κ1) is 20.1. The molecule has 0 aliphatic carbocycles. The minimum Gasteiger partial charge on any atom is -0.494 e. The van der Waals surface area contributed by atoms with Crippen LogP contribution < -0.4 is 9.46 Å². The van der Waals surface area contributed by atoms with Gasteiger partial charge in [0.1, 0.15) is 5.75 Å². The fraction of sp³-hybridized carbons (Fsp3) is 0.0909. The summed E-state index contributed by atoms with van der Waals surface area (Å²) in [5.41, 5.74) is 2.50. The van der Waals surface area contributed by atoms with Crippen molar-refractivity contribution >= 4 is 27.6 Å². The zero-order chi connectivity index (χ0) is 20.7. The molecule has 29 heavy (non-hydrogen) atoms. The van der Waals surface area contributed by atoms with E-state index in [0.717, 1.165) is 5.56 Å². The van der Waals surface area contributed by atoms with Gasteiger partial charge in [-0.3, -0.25) is 9.71 Å². The Bertz CT molecular complexity index is 1130. The summed E-state index contributed by atoms with van der Waals surface area (Å²) in [7, 11) is -3.70. The molecule has 3 aromatic carbocycles. The van der Waals surface area contributed by atoms with Crippen LogP contribution in [0.15, 0.2) is 82.7 Å². The molecular formula is C22H19N3O3S. The van der Waals surface area contributed by atoms with Crippen molar-refractivity contribution in [2.45, 2.75) is 11.8 Å². The summed E-state index contributed by atoms with van der Waals surface area (Å²) >= 11 is 0. The molecule has 0 spiro atoms. The average molecular weight is 405 g/mol. The second-order valence-corrected chi connectivity index (χ2v) is 7.73. The number of aliphatic imine (C=N–C) groups is 1. The van der Waals surface area contributed by atoms with Crippen LogP contribution in [0.1, 0.15) is 18.1 Å². The topological polar surface area (TPSA) is 91.5 Å². The predicted molar refractivity (Wildman–Crippen MR) is 113 cm³/mol. The first-order valence-electron chi connectivity index (χ1n) is 8.90. The predicted octanol–water partition coefficient (Wildman–Crippen LogP) is 4.51. The third-order valence-electron chi connectivity index (χ3n) is 3.97. The number of benzene rings is 3. The average Bonchev–Trinajstić information content (AvgIpc) is 2.74. The Labute approximate surface area is 170 Å². The van der Waals surface area contributed by atoms with Crippen molar-refractivity contribution in [2.75, 3.05) is 11.3 Å². The molecule has 6 nitrogen and oxygen atoms in total. The number of hydrogen-bond acceptors (Lipinski definition) is 5. The Morgan fingerprint density at radius 1 is 1.00 bits per heavy atom. The molecule has 1 N–H and O–H groups in total. The highest BCUT2D eigenvalue weighted by atomic mass is 32.2. The molecule has 3 aromatic rings. The zero-order valence-corrected chi connectivity index (χ0v) is 16.6. The quantitative estimate of drug-likeness (QED) is 0.586. The number of nitrogens with zero attached hydrogens (tertiary/aromatic N) is 2. The van der Waals surface area contributed by atoms with Crippen LogP contribution in [0.2, 0.25) is 0 Å². The molecule has 0 radical (unpaired) electrons. The lowest BCUT2D eigenvalue weighted by molar-refractivity contribution is 0.340. The van der Waals surface area contributed by atoms with Gasteiger partial charge in [0.2, 0.25) is 0 Å². The second kappa shape index (κ2) is 9.04. The first-order valence-corrected chi connectivity index (χ1v) is 10.4. The van der Waals surface area contributed by atoms with Crippen molar-refractivity contribution in [3.05, 3.63) is 83.9 Å². The molecule has 0 aliphatic rings. The molecule has 0 fully saturated rings. The molecule has 3 rings (SSSR count). The standard InChI is InChI=1S/C22H19N3O3S/c1-2-28-21-11-7-20(8-12-21)25-29(26,27)22-13-9-19(10-14-22)24-16-18-5-3-17(15-23)4-6-18/h3-14,16,25H,2H2,1H3. The lowest BCUT2D eigenvalue weighted by Crippen LogP contribution is -2.12. The van der Waals surface area contributed by atoms with Crippen LogP contribution in [0.25, 0.3) is 0 Å². The molecule has 0 saturated carbocycles. The molecule has 0 unspecified atom stereocenters. The van der Waals surface area contributed by atoms with E-state index in [2.05, 4.69) is 15.8 Å². The highest BCUT2D eigenvalue weighted by Gasteiger charge is 2.14. The normalized spacial score (nSPS) is 11.2. The number of rotatable bonds is 7. The molecule has 0 bridgehead atoms. The van der Waals surface area contributed by atoms with E-state index in [1.807, 2.05) is 6.92 Å². The SMILES string of the molecule is CCOc1ccc(NS(=O)(=O)c2ccc(N=Cc3ccc(C#N)cc3)cc2)cc1. The number of anilines is 1. The van der Waals surface area contributed by atoms with Gasteiger partial charge in [-0.15, -0.1) is 0 Å². The Kier molecular flexibility index (Phi) is 6.27. The van der Waals surface area contributed by atoms with Gasteiger partial charge in [-0.2, -0.15) is 5.26 Å². The van der Waals surface area contributed by atoms with Crippen molar-refractivity contribution in [1.29, 1.82) is 5.26 Å². The molecule has 0 saturated heterocycles. The maximum atomic E-state index is 12.6. The Morgan fingerprint density at radius 3 is 2.24 bits per heavy atom. The van der Waals surface area contributed by atoms with Crippen LogP contribution >= 0.6 is 0 Å². The van der Waals surface area contributed by atoms with Crippen LogP contribution in [0.3, 0.4) is 0 Å². The molecule has 146 valence electrons. The third-order valence-corrected chi connectivity index (χ3v) is 5.36. The fourth-order valence-electron chi connectivity index (χ4n) is 2.50. The lowest BCUT2D eigenvalue weighted by atomic mass is 10.2. The monoisotopic (exact) mass is 405 g/mol. The molecule has 7 heteroatoms. The second-order valence-electron chi connectivity index (χ2n) is 6.05.